The van der Waals surface area contributed by atoms with Crippen molar-refractivity contribution in [3.8, 4) is 17.2 Å². The molecule has 3 rings (SSSR count). The number of hydrogen-bond acceptors (Lipinski definition) is 4. The lowest BCUT2D eigenvalue weighted by Gasteiger charge is -2.09. The highest BCUT2D eigenvalue weighted by molar-refractivity contribution is 5.96. The van der Waals surface area contributed by atoms with Gasteiger partial charge in [-0.05, 0) is 21.9 Å². The van der Waals surface area contributed by atoms with Crippen molar-refractivity contribution in [2.45, 2.75) is 0 Å². The predicted octanol–water partition coefficient (Wildman–Crippen LogP) is 3.12. The molecule has 0 heterocycles. The summed E-state index contributed by atoms with van der Waals surface area (Å²) in [4.78, 5) is 0. The van der Waals surface area contributed by atoms with E-state index < -0.39 is 0 Å². The Bertz CT molecular complexity index is 913. The van der Waals surface area contributed by atoms with E-state index in [-0.39, 0.29) is 5.70 Å². The number of nitrogens with one attached hydrogen (secondary N) is 1. The molecule has 0 aromatic heterocycles. The fourth-order valence-corrected chi connectivity index (χ4v) is 2.62. The molecule has 0 fully saturated rings. The van der Waals surface area contributed by atoms with Crippen LogP contribution in [0, 0.1) is 11.3 Å². The van der Waals surface area contributed by atoms with E-state index in [9.17, 15) is 0 Å². The number of nitrogens with two attached hydrogens (primary N) is 2. The summed E-state index contributed by atoms with van der Waals surface area (Å²) in [5, 5.41) is 11.4. The van der Waals surface area contributed by atoms with E-state index in [4.69, 9.17) is 16.8 Å². The summed E-state index contributed by atoms with van der Waals surface area (Å²) in [5.74, 6) is 5.29. The monoisotopic (exact) mass is 300 g/mol. The van der Waals surface area contributed by atoms with Crippen molar-refractivity contribution >= 4 is 16.5 Å². The van der Waals surface area contributed by atoms with Crippen molar-refractivity contribution in [1.82, 2.24) is 5.43 Å². The molecule has 3 aromatic rings. The summed E-state index contributed by atoms with van der Waals surface area (Å²) in [6.07, 6.45) is 0. The van der Waals surface area contributed by atoms with E-state index in [2.05, 4.69) is 29.7 Å². The van der Waals surface area contributed by atoms with Crippen molar-refractivity contribution < 1.29 is 0 Å². The van der Waals surface area contributed by atoms with E-state index in [1.54, 1.807) is 0 Å². The minimum atomic E-state index is 0.155. The highest BCUT2D eigenvalue weighted by Gasteiger charge is 2.06. The average Bonchev–Trinajstić information content (AvgIpc) is 2.62. The predicted molar refractivity (Wildman–Crippen MR) is 93.4 cm³/mol. The number of hydrazine groups is 1. The van der Waals surface area contributed by atoms with Crippen LogP contribution in [0.4, 0.5) is 0 Å². The second-order valence-corrected chi connectivity index (χ2v) is 5.15. The first-order valence-corrected chi connectivity index (χ1v) is 7.19. The van der Waals surface area contributed by atoms with Crippen LogP contribution in [0.25, 0.3) is 27.6 Å². The van der Waals surface area contributed by atoms with Gasteiger partial charge in [-0.3, -0.25) is 0 Å². The number of nitriles is 1. The minimum absolute atomic E-state index is 0.155. The SMILES string of the molecule is N#C/C(NN)=C(/N)c1ccc(-c2cccc3ccccc23)cc1. The van der Waals surface area contributed by atoms with E-state index in [1.165, 1.54) is 10.8 Å². The zero-order valence-electron chi connectivity index (χ0n) is 12.5. The largest absolute Gasteiger partial charge is 0.396 e. The van der Waals surface area contributed by atoms with Crippen LogP contribution in [-0.2, 0) is 0 Å². The van der Waals surface area contributed by atoms with Crippen LogP contribution in [0.5, 0.6) is 0 Å². The number of hydrogen-bond donors (Lipinski definition) is 3. The Morgan fingerprint density at radius 2 is 1.61 bits per heavy atom. The highest BCUT2D eigenvalue weighted by atomic mass is 15.2. The van der Waals surface area contributed by atoms with Crippen LogP contribution in [-0.4, -0.2) is 0 Å². The molecule has 0 amide bonds. The van der Waals surface area contributed by atoms with E-state index in [0.717, 1.165) is 16.7 Å². The summed E-state index contributed by atoms with van der Waals surface area (Å²) in [5.41, 5.74) is 11.8. The van der Waals surface area contributed by atoms with Gasteiger partial charge in [0.1, 0.15) is 6.07 Å². The topological polar surface area (TPSA) is 87.9 Å². The van der Waals surface area contributed by atoms with Crippen LogP contribution in [0.2, 0.25) is 0 Å². The van der Waals surface area contributed by atoms with E-state index >= 15 is 0 Å². The molecule has 0 saturated heterocycles. The lowest BCUT2D eigenvalue weighted by molar-refractivity contribution is 0.920. The lowest BCUT2D eigenvalue weighted by Crippen LogP contribution is -2.23. The van der Waals surface area contributed by atoms with Crippen molar-refractivity contribution in [2.24, 2.45) is 11.6 Å². The molecule has 0 spiro atoms. The molecule has 3 aromatic carbocycles. The van der Waals surface area contributed by atoms with Crippen LogP contribution in [0.3, 0.4) is 0 Å². The first-order valence-electron chi connectivity index (χ1n) is 7.19. The van der Waals surface area contributed by atoms with Gasteiger partial charge in [-0.2, -0.15) is 5.26 Å². The molecule has 0 bridgehead atoms. The molecule has 0 saturated carbocycles. The molecular formula is C19H16N4. The second kappa shape index (κ2) is 6.22. The van der Waals surface area contributed by atoms with Gasteiger partial charge in [0.05, 0.1) is 5.70 Å². The smallest absolute Gasteiger partial charge is 0.151 e. The minimum Gasteiger partial charge on any atom is -0.396 e. The summed E-state index contributed by atoms with van der Waals surface area (Å²) < 4.78 is 0. The van der Waals surface area contributed by atoms with Gasteiger partial charge in [-0.15, -0.1) is 0 Å². The number of nitrogens with zero attached hydrogens (tertiary/aromatic N) is 1. The van der Waals surface area contributed by atoms with Gasteiger partial charge in [0, 0.05) is 5.56 Å². The van der Waals surface area contributed by atoms with Gasteiger partial charge in [-0.25, -0.2) is 5.84 Å². The van der Waals surface area contributed by atoms with E-state index in [0.29, 0.717) is 5.70 Å². The third-order valence-electron chi connectivity index (χ3n) is 3.82. The molecule has 112 valence electrons. The molecule has 5 N–H and O–H groups in total. The molecule has 0 aliphatic heterocycles. The van der Waals surface area contributed by atoms with Gasteiger partial charge in [0.15, 0.2) is 5.70 Å². The van der Waals surface area contributed by atoms with Crippen molar-refractivity contribution in [1.29, 1.82) is 5.26 Å². The zero-order valence-corrected chi connectivity index (χ0v) is 12.5. The quantitative estimate of drug-likeness (QED) is 0.394. The molecule has 4 nitrogen and oxygen atoms in total. The lowest BCUT2D eigenvalue weighted by atomic mass is 9.97. The first-order chi connectivity index (χ1) is 11.2. The number of rotatable bonds is 3. The standard InChI is InChI=1S/C19H16N4/c20-12-18(23-22)19(21)15-10-8-14(9-11-15)17-7-3-5-13-4-1-2-6-16(13)17/h1-11,23H,21-22H2/b19-18-. The van der Waals surface area contributed by atoms with Crippen LogP contribution in [0.1, 0.15) is 5.56 Å². The third kappa shape index (κ3) is 2.73. The maximum atomic E-state index is 8.98. The fourth-order valence-electron chi connectivity index (χ4n) is 2.62. The normalized spacial score (nSPS) is 11.7. The first kappa shape index (κ1) is 14.6. The van der Waals surface area contributed by atoms with Gasteiger partial charge in [-0.1, -0.05) is 66.7 Å². The van der Waals surface area contributed by atoms with Crippen LogP contribution >= 0.6 is 0 Å². The Morgan fingerprint density at radius 3 is 2.30 bits per heavy atom. The fraction of sp³-hybridized carbons (Fsp3) is 0. The molecule has 0 atom stereocenters. The molecule has 0 radical (unpaired) electrons. The Balaban J connectivity index is 2.06. The number of allylic oxidation sites excluding steroid dienone is 1. The highest BCUT2D eigenvalue weighted by Crippen LogP contribution is 2.29. The van der Waals surface area contributed by atoms with E-state index in [1.807, 2.05) is 48.5 Å². The maximum Gasteiger partial charge on any atom is 0.151 e. The zero-order chi connectivity index (χ0) is 16.2. The number of fused-ring (bicyclic) bond motifs is 1. The third-order valence-corrected chi connectivity index (χ3v) is 3.82. The Kier molecular flexibility index (Phi) is 3.96. The molecular weight excluding hydrogens is 284 g/mol. The Hall–Kier alpha value is -3.29. The molecule has 0 unspecified atom stereocenters. The average molecular weight is 300 g/mol. The summed E-state index contributed by atoms with van der Waals surface area (Å²) in [6.45, 7) is 0. The summed E-state index contributed by atoms with van der Waals surface area (Å²) in [7, 11) is 0. The van der Waals surface area contributed by atoms with Gasteiger partial charge >= 0.3 is 0 Å². The Labute approximate surface area is 134 Å². The Morgan fingerprint density at radius 1 is 0.913 bits per heavy atom. The van der Waals surface area contributed by atoms with Crippen molar-refractivity contribution in [2.75, 3.05) is 0 Å². The molecule has 0 aliphatic carbocycles. The maximum absolute atomic E-state index is 8.98. The molecule has 4 heteroatoms. The van der Waals surface area contributed by atoms with Gasteiger partial charge in [0.2, 0.25) is 0 Å². The molecule has 23 heavy (non-hydrogen) atoms. The van der Waals surface area contributed by atoms with Gasteiger partial charge < -0.3 is 11.2 Å². The van der Waals surface area contributed by atoms with Crippen molar-refractivity contribution in [3.63, 3.8) is 0 Å². The summed E-state index contributed by atoms with van der Waals surface area (Å²) in [6, 6.07) is 24.2. The second-order valence-electron chi connectivity index (χ2n) is 5.15. The number of benzene rings is 3. The summed E-state index contributed by atoms with van der Waals surface area (Å²) >= 11 is 0. The van der Waals surface area contributed by atoms with Gasteiger partial charge in [0.25, 0.3) is 0 Å². The van der Waals surface area contributed by atoms with Crippen LogP contribution in [0.15, 0.2) is 72.4 Å². The van der Waals surface area contributed by atoms with Crippen LogP contribution < -0.4 is 17.0 Å². The van der Waals surface area contributed by atoms with Crippen molar-refractivity contribution in [3.05, 3.63) is 78.0 Å². The molecule has 0 aliphatic rings.